The van der Waals surface area contributed by atoms with Crippen LogP contribution in [0.15, 0.2) is 42.5 Å². The highest BCUT2D eigenvalue weighted by molar-refractivity contribution is 7.22. The van der Waals surface area contributed by atoms with Crippen LogP contribution in [-0.2, 0) is 6.54 Å². The maximum Gasteiger partial charge on any atom is 0.186 e. The van der Waals surface area contributed by atoms with E-state index in [1.165, 1.54) is 5.56 Å². The monoisotopic (exact) mass is 303 g/mol. The van der Waals surface area contributed by atoms with Crippen LogP contribution in [-0.4, -0.2) is 12.0 Å². The number of hydrogen-bond acceptors (Lipinski definition) is 4. The molecule has 0 unspecified atom stereocenters. The number of aromatic nitrogens is 1. The molecule has 0 amide bonds. The quantitative estimate of drug-likeness (QED) is 0.738. The van der Waals surface area contributed by atoms with E-state index in [0.717, 1.165) is 32.6 Å². The minimum Gasteiger partial charge on any atom is -0.399 e. The van der Waals surface area contributed by atoms with Gasteiger partial charge in [0, 0.05) is 24.3 Å². The molecule has 1 heterocycles. The van der Waals surface area contributed by atoms with Crippen molar-refractivity contribution in [3.8, 4) is 0 Å². The molecule has 0 aliphatic carbocycles. The summed E-state index contributed by atoms with van der Waals surface area (Å²) in [6.45, 7) is 0.774. The fraction of sp³-hybridized carbons (Fsp3) is 0.133. The van der Waals surface area contributed by atoms with Gasteiger partial charge in [-0.25, -0.2) is 4.98 Å². The van der Waals surface area contributed by atoms with E-state index in [0.29, 0.717) is 0 Å². The van der Waals surface area contributed by atoms with Crippen molar-refractivity contribution in [2.45, 2.75) is 6.54 Å². The first-order chi connectivity index (χ1) is 9.61. The average molecular weight is 304 g/mol. The van der Waals surface area contributed by atoms with Crippen molar-refractivity contribution >= 4 is 44.0 Å². The van der Waals surface area contributed by atoms with Crippen molar-refractivity contribution in [2.24, 2.45) is 0 Å². The zero-order chi connectivity index (χ0) is 14.1. The van der Waals surface area contributed by atoms with Gasteiger partial charge in [0.15, 0.2) is 5.13 Å². The van der Waals surface area contributed by atoms with Gasteiger partial charge in [-0.15, -0.1) is 0 Å². The number of anilines is 2. The second-order valence-corrected chi connectivity index (χ2v) is 6.16. The molecular weight excluding hydrogens is 290 g/mol. The van der Waals surface area contributed by atoms with Crippen LogP contribution in [0.4, 0.5) is 10.8 Å². The van der Waals surface area contributed by atoms with Gasteiger partial charge in [0.25, 0.3) is 0 Å². The van der Waals surface area contributed by atoms with Crippen molar-refractivity contribution in [1.29, 1.82) is 0 Å². The first-order valence-corrected chi connectivity index (χ1v) is 7.43. The molecule has 2 N–H and O–H groups in total. The number of rotatable bonds is 3. The summed E-state index contributed by atoms with van der Waals surface area (Å²) in [7, 11) is 2.03. The van der Waals surface area contributed by atoms with Crippen LogP contribution in [0.25, 0.3) is 10.2 Å². The molecule has 1 aromatic heterocycles. The van der Waals surface area contributed by atoms with Crippen LogP contribution in [0, 0.1) is 0 Å². The minimum absolute atomic E-state index is 0.757. The van der Waals surface area contributed by atoms with E-state index in [1.807, 2.05) is 43.4 Å². The summed E-state index contributed by atoms with van der Waals surface area (Å²) in [6.07, 6.45) is 0. The summed E-state index contributed by atoms with van der Waals surface area (Å²) in [5.74, 6) is 0. The second-order valence-electron chi connectivity index (χ2n) is 4.71. The van der Waals surface area contributed by atoms with E-state index in [4.69, 9.17) is 17.3 Å². The fourth-order valence-corrected chi connectivity index (χ4v) is 3.26. The van der Waals surface area contributed by atoms with Crippen molar-refractivity contribution < 1.29 is 0 Å². The lowest BCUT2D eigenvalue weighted by molar-refractivity contribution is 0.917. The number of nitrogen functional groups attached to an aromatic ring is 1. The largest absolute Gasteiger partial charge is 0.399 e. The summed E-state index contributed by atoms with van der Waals surface area (Å²) in [6, 6.07) is 13.7. The predicted octanol–water partition coefficient (Wildman–Crippen LogP) is 4.17. The molecule has 3 nitrogen and oxygen atoms in total. The Labute approximate surface area is 126 Å². The third kappa shape index (κ3) is 2.71. The summed E-state index contributed by atoms with van der Waals surface area (Å²) < 4.78 is 1.11. The number of nitrogens with two attached hydrogens (primary N) is 1. The molecule has 3 aromatic rings. The van der Waals surface area contributed by atoms with Crippen molar-refractivity contribution in [3.05, 3.63) is 53.1 Å². The molecule has 0 bridgehead atoms. The molecule has 0 radical (unpaired) electrons. The lowest BCUT2D eigenvalue weighted by Crippen LogP contribution is -2.15. The maximum absolute atomic E-state index is 6.01. The number of halogens is 1. The Morgan fingerprint density at radius 1 is 1.25 bits per heavy atom. The van der Waals surface area contributed by atoms with Crippen LogP contribution in [0.5, 0.6) is 0 Å². The normalized spacial score (nSPS) is 10.9. The highest BCUT2D eigenvalue weighted by atomic mass is 35.5. The topological polar surface area (TPSA) is 42.2 Å². The third-order valence-corrected chi connectivity index (χ3v) is 4.40. The van der Waals surface area contributed by atoms with Gasteiger partial charge in [-0.1, -0.05) is 35.1 Å². The van der Waals surface area contributed by atoms with Gasteiger partial charge in [0.05, 0.1) is 10.2 Å². The van der Waals surface area contributed by atoms with Gasteiger partial charge in [0.2, 0.25) is 0 Å². The first kappa shape index (κ1) is 13.2. The molecule has 102 valence electrons. The Kier molecular flexibility index (Phi) is 3.51. The Morgan fingerprint density at radius 2 is 2.10 bits per heavy atom. The highest BCUT2D eigenvalue weighted by Gasteiger charge is 2.09. The Bertz CT molecular complexity index is 754. The summed E-state index contributed by atoms with van der Waals surface area (Å²) >= 11 is 7.66. The molecule has 0 saturated heterocycles. The number of benzene rings is 2. The lowest BCUT2D eigenvalue weighted by atomic mass is 10.2. The fourth-order valence-electron chi connectivity index (χ4n) is 2.07. The van der Waals surface area contributed by atoms with Gasteiger partial charge in [-0.3, -0.25) is 0 Å². The van der Waals surface area contributed by atoms with E-state index in [-0.39, 0.29) is 0 Å². The lowest BCUT2D eigenvalue weighted by Gasteiger charge is -2.15. The molecule has 0 aliphatic rings. The standard InChI is InChI=1S/C15H14ClN3S/c1-19(9-10-3-2-4-11(16)7-10)15-18-13-6-5-12(17)8-14(13)20-15/h2-8H,9,17H2,1H3. The highest BCUT2D eigenvalue weighted by Crippen LogP contribution is 2.30. The molecule has 0 spiro atoms. The number of nitrogens with zero attached hydrogens (tertiary/aromatic N) is 2. The molecule has 20 heavy (non-hydrogen) atoms. The van der Waals surface area contributed by atoms with Crippen LogP contribution in [0.1, 0.15) is 5.56 Å². The number of hydrogen-bond donors (Lipinski definition) is 1. The van der Waals surface area contributed by atoms with Crippen LogP contribution < -0.4 is 10.6 Å². The van der Waals surface area contributed by atoms with Crippen molar-refractivity contribution in [3.63, 3.8) is 0 Å². The van der Waals surface area contributed by atoms with Gasteiger partial charge in [-0.2, -0.15) is 0 Å². The zero-order valence-electron chi connectivity index (χ0n) is 11.0. The van der Waals surface area contributed by atoms with Gasteiger partial charge in [-0.05, 0) is 35.9 Å². The van der Waals surface area contributed by atoms with Crippen LogP contribution >= 0.6 is 22.9 Å². The Hall–Kier alpha value is -1.78. The molecule has 0 fully saturated rings. The van der Waals surface area contributed by atoms with Gasteiger partial charge >= 0.3 is 0 Å². The third-order valence-electron chi connectivity index (χ3n) is 3.04. The maximum atomic E-state index is 6.01. The van der Waals surface area contributed by atoms with E-state index >= 15 is 0 Å². The van der Waals surface area contributed by atoms with Crippen LogP contribution in [0.3, 0.4) is 0 Å². The van der Waals surface area contributed by atoms with Gasteiger partial charge in [0.1, 0.15) is 0 Å². The number of thiazole rings is 1. The molecule has 5 heteroatoms. The second kappa shape index (κ2) is 5.31. The minimum atomic E-state index is 0.757. The summed E-state index contributed by atoms with van der Waals surface area (Å²) in [4.78, 5) is 6.75. The van der Waals surface area contributed by atoms with E-state index in [9.17, 15) is 0 Å². The Balaban J connectivity index is 1.86. The SMILES string of the molecule is CN(Cc1cccc(Cl)c1)c1nc2ccc(N)cc2s1. The smallest absolute Gasteiger partial charge is 0.186 e. The number of fused-ring (bicyclic) bond motifs is 1. The van der Waals surface area contributed by atoms with Gasteiger partial charge < -0.3 is 10.6 Å². The van der Waals surface area contributed by atoms with E-state index < -0.39 is 0 Å². The molecule has 0 aliphatic heterocycles. The molecule has 2 aromatic carbocycles. The first-order valence-electron chi connectivity index (χ1n) is 6.23. The van der Waals surface area contributed by atoms with Crippen molar-refractivity contribution in [2.75, 3.05) is 17.7 Å². The van der Waals surface area contributed by atoms with E-state index in [2.05, 4.69) is 16.0 Å². The average Bonchev–Trinajstić information content (AvgIpc) is 2.81. The summed E-state index contributed by atoms with van der Waals surface area (Å²) in [5.41, 5.74) is 8.72. The molecular formula is C15H14ClN3S. The predicted molar refractivity (Wildman–Crippen MR) is 87.6 cm³/mol. The molecule has 0 atom stereocenters. The molecule has 0 saturated carbocycles. The van der Waals surface area contributed by atoms with E-state index in [1.54, 1.807) is 11.3 Å². The summed E-state index contributed by atoms with van der Waals surface area (Å²) in [5, 5.41) is 1.73. The van der Waals surface area contributed by atoms with Crippen LogP contribution in [0.2, 0.25) is 5.02 Å². The van der Waals surface area contributed by atoms with Crippen molar-refractivity contribution in [1.82, 2.24) is 4.98 Å². The molecule has 3 rings (SSSR count). The Morgan fingerprint density at radius 3 is 2.90 bits per heavy atom. The zero-order valence-corrected chi connectivity index (χ0v) is 12.6.